The van der Waals surface area contributed by atoms with Gasteiger partial charge in [0.2, 0.25) is 0 Å². The van der Waals surface area contributed by atoms with Gasteiger partial charge >= 0.3 is 0 Å². The minimum Gasteiger partial charge on any atom is -0.370 e. The molecular weight excluding hydrogens is 228 g/mol. The number of allylic oxidation sites excluding steroid dienone is 1. The van der Waals surface area contributed by atoms with Crippen molar-refractivity contribution in [3.8, 4) is 0 Å². The number of ketones is 1. The standard InChI is InChI=1S/C13H26N4O/c1-6-9(4)12(17-13(14)15)16-11(10(5)18)7-8(2)3/h8,11,16H,6-7H2,1-5H3,(H4,14,15,17)/b12-9-. The lowest BCUT2D eigenvalue weighted by molar-refractivity contribution is -0.119. The molecule has 0 saturated carbocycles. The van der Waals surface area contributed by atoms with Gasteiger partial charge in [0, 0.05) is 0 Å². The molecule has 5 N–H and O–H groups in total. The first-order valence-electron chi connectivity index (χ1n) is 6.34. The van der Waals surface area contributed by atoms with E-state index >= 15 is 0 Å². The Labute approximate surface area is 110 Å². The zero-order chi connectivity index (χ0) is 14.3. The Morgan fingerprint density at radius 1 is 1.28 bits per heavy atom. The van der Waals surface area contributed by atoms with Crippen LogP contribution in [0.1, 0.15) is 47.5 Å². The maximum absolute atomic E-state index is 11.6. The minimum atomic E-state index is -0.246. The number of Topliss-reactive ketones (excluding diaryl/α,β-unsaturated/α-hetero) is 1. The van der Waals surface area contributed by atoms with Gasteiger partial charge in [0.15, 0.2) is 11.7 Å². The van der Waals surface area contributed by atoms with E-state index in [1.165, 1.54) is 0 Å². The number of aliphatic imine (C=N–C) groups is 1. The fourth-order valence-corrected chi connectivity index (χ4v) is 1.51. The number of nitrogens with zero attached hydrogens (tertiary/aromatic N) is 1. The Morgan fingerprint density at radius 3 is 2.17 bits per heavy atom. The van der Waals surface area contributed by atoms with Crippen molar-refractivity contribution in [2.75, 3.05) is 0 Å². The second-order valence-electron chi connectivity index (χ2n) is 4.96. The fourth-order valence-electron chi connectivity index (χ4n) is 1.51. The summed E-state index contributed by atoms with van der Waals surface area (Å²) in [4.78, 5) is 15.7. The summed E-state index contributed by atoms with van der Waals surface area (Å²) < 4.78 is 0. The first kappa shape index (κ1) is 16.5. The lowest BCUT2D eigenvalue weighted by atomic mass is 10.0. The van der Waals surface area contributed by atoms with Crippen LogP contribution in [0.25, 0.3) is 0 Å². The monoisotopic (exact) mass is 254 g/mol. The molecule has 0 fully saturated rings. The lowest BCUT2D eigenvalue weighted by Crippen LogP contribution is -2.37. The van der Waals surface area contributed by atoms with Crippen LogP contribution in [0.2, 0.25) is 0 Å². The Kier molecular flexibility index (Phi) is 7.08. The molecule has 5 heteroatoms. The number of carbonyl (C=O) groups excluding carboxylic acids is 1. The lowest BCUT2D eigenvalue weighted by Gasteiger charge is -2.20. The SMILES string of the molecule is CC/C(C)=C(\N=C(N)N)NC(CC(C)C)C(C)=O. The minimum absolute atomic E-state index is 0.00264. The molecule has 1 atom stereocenters. The number of rotatable bonds is 7. The highest BCUT2D eigenvalue weighted by atomic mass is 16.1. The van der Waals surface area contributed by atoms with Gasteiger partial charge in [-0.1, -0.05) is 20.8 Å². The molecule has 0 aromatic heterocycles. The smallest absolute Gasteiger partial charge is 0.192 e. The Bertz CT molecular complexity index is 341. The van der Waals surface area contributed by atoms with Crippen LogP contribution in [-0.4, -0.2) is 17.8 Å². The number of hydrogen-bond donors (Lipinski definition) is 3. The summed E-state index contributed by atoms with van der Waals surface area (Å²) >= 11 is 0. The first-order valence-corrected chi connectivity index (χ1v) is 6.34. The number of carbonyl (C=O) groups is 1. The number of hydrogen-bond acceptors (Lipinski definition) is 3. The number of nitrogens with one attached hydrogen (secondary N) is 1. The summed E-state index contributed by atoms with van der Waals surface area (Å²) in [5.74, 6) is 1.13. The highest BCUT2D eigenvalue weighted by Crippen LogP contribution is 2.12. The molecule has 104 valence electrons. The van der Waals surface area contributed by atoms with E-state index in [4.69, 9.17) is 11.5 Å². The second kappa shape index (κ2) is 7.74. The number of guanidine groups is 1. The zero-order valence-electron chi connectivity index (χ0n) is 12.1. The van der Waals surface area contributed by atoms with Crippen LogP contribution in [0.3, 0.4) is 0 Å². The van der Waals surface area contributed by atoms with Crippen molar-refractivity contribution >= 4 is 11.7 Å². The van der Waals surface area contributed by atoms with Crippen molar-refractivity contribution in [1.82, 2.24) is 5.32 Å². The van der Waals surface area contributed by atoms with Gasteiger partial charge < -0.3 is 16.8 Å². The Balaban J connectivity index is 5.05. The van der Waals surface area contributed by atoms with Crippen molar-refractivity contribution in [2.24, 2.45) is 22.4 Å². The molecule has 0 bridgehead atoms. The van der Waals surface area contributed by atoms with Crippen LogP contribution in [0.4, 0.5) is 0 Å². The van der Waals surface area contributed by atoms with Gasteiger partial charge in [-0.2, -0.15) is 4.99 Å². The molecule has 0 saturated heterocycles. The highest BCUT2D eigenvalue weighted by Gasteiger charge is 2.17. The first-order chi connectivity index (χ1) is 8.27. The molecule has 0 radical (unpaired) electrons. The van der Waals surface area contributed by atoms with E-state index < -0.39 is 0 Å². The third-order valence-corrected chi connectivity index (χ3v) is 2.68. The predicted molar refractivity (Wildman–Crippen MR) is 75.9 cm³/mol. The van der Waals surface area contributed by atoms with Gasteiger partial charge in [0.05, 0.1) is 6.04 Å². The summed E-state index contributed by atoms with van der Waals surface area (Å²) in [6, 6.07) is -0.246. The Hall–Kier alpha value is -1.52. The largest absolute Gasteiger partial charge is 0.370 e. The normalized spacial score (nSPS) is 13.9. The van der Waals surface area contributed by atoms with Crippen LogP contribution in [0.15, 0.2) is 16.4 Å². The van der Waals surface area contributed by atoms with E-state index in [9.17, 15) is 4.79 Å². The van der Waals surface area contributed by atoms with Crippen LogP contribution >= 0.6 is 0 Å². The maximum Gasteiger partial charge on any atom is 0.192 e. The number of nitrogens with two attached hydrogens (primary N) is 2. The summed E-state index contributed by atoms with van der Waals surface area (Å²) in [5, 5.41) is 3.15. The summed E-state index contributed by atoms with van der Waals surface area (Å²) in [6.45, 7) is 9.70. The molecule has 0 aliphatic carbocycles. The highest BCUT2D eigenvalue weighted by molar-refractivity contribution is 5.82. The average molecular weight is 254 g/mol. The quantitative estimate of drug-likeness (QED) is 0.474. The molecule has 0 aliphatic rings. The molecule has 0 rings (SSSR count). The molecule has 1 unspecified atom stereocenters. The van der Waals surface area contributed by atoms with Gasteiger partial charge in [-0.05, 0) is 38.2 Å². The van der Waals surface area contributed by atoms with E-state index in [0.717, 1.165) is 18.4 Å². The summed E-state index contributed by atoms with van der Waals surface area (Å²) in [5.41, 5.74) is 11.8. The van der Waals surface area contributed by atoms with Crippen molar-refractivity contribution in [1.29, 1.82) is 0 Å². The van der Waals surface area contributed by atoms with E-state index in [1.807, 2.05) is 13.8 Å². The van der Waals surface area contributed by atoms with E-state index in [-0.39, 0.29) is 17.8 Å². The fraction of sp³-hybridized carbons (Fsp3) is 0.692. The molecule has 0 aliphatic heterocycles. The molecule has 0 heterocycles. The molecule has 5 nitrogen and oxygen atoms in total. The van der Waals surface area contributed by atoms with Crippen LogP contribution in [-0.2, 0) is 4.79 Å². The van der Waals surface area contributed by atoms with Crippen molar-refractivity contribution < 1.29 is 4.79 Å². The third-order valence-electron chi connectivity index (χ3n) is 2.68. The van der Waals surface area contributed by atoms with Crippen LogP contribution in [0.5, 0.6) is 0 Å². The van der Waals surface area contributed by atoms with Gasteiger partial charge in [-0.15, -0.1) is 0 Å². The van der Waals surface area contributed by atoms with E-state index in [1.54, 1.807) is 6.92 Å². The average Bonchev–Trinajstić information content (AvgIpc) is 2.24. The molecule has 0 spiro atoms. The topological polar surface area (TPSA) is 93.5 Å². The van der Waals surface area contributed by atoms with E-state index in [0.29, 0.717) is 11.7 Å². The summed E-state index contributed by atoms with van der Waals surface area (Å²) in [7, 11) is 0. The van der Waals surface area contributed by atoms with Crippen molar-refractivity contribution in [2.45, 2.75) is 53.5 Å². The predicted octanol–water partition coefficient (Wildman–Crippen LogP) is 1.49. The zero-order valence-corrected chi connectivity index (χ0v) is 12.1. The van der Waals surface area contributed by atoms with Crippen LogP contribution < -0.4 is 16.8 Å². The van der Waals surface area contributed by atoms with Crippen molar-refractivity contribution in [3.63, 3.8) is 0 Å². The second-order valence-corrected chi connectivity index (χ2v) is 4.96. The van der Waals surface area contributed by atoms with E-state index in [2.05, 4.69) is 24.2 Å². The molecule has 0 aromatic rings. The van der Waals surface area contributed by atoms with Crippen molar-refractivity contribution in [3.05, 3.63) is 11.4 Å². The summed E-state index contributed by atoms with van der Waals surface area (Å²) in [6.07, 6.45) is 1.58. The maximum atomic E-state index is 11.6. The van der Waals surface area contributed by atoms with Gasteiger partial charge in [0.25, 0.3) is 0 Å². The van der Waals surface area contributed by atoms with Gasteiger partial charge in [0.1, 0.15) is 5.82 Å². The Morgan fingerprint density at radius 2 is 1.83 bits per heavy atom. The molecular formula is C13H26N4O. The molecule has 0 amide bonds. The third kappa shape index (κ3) is 6.27. The molecule has 18 heavy (non-hydrogen) atoms. The molecule has 0 aromatic carbocycles. The van der Waals surface area contributed by atoms with Gasteiger partial charge in [-0.3, -0.25) is 4.79 Å². The van der Waals surface area contributed by atoms with Crippen LogP contribution in [0, 0.1) is 5.92 Å². The van der Waals surface area contributed by atoms with Gasteiger partial charge in [-0.25, -0.2) is 0 Å².